The van der Waals surface area contributed by atoms with E-state index in [4.69, 9.17) is 0 Å². The molecule has 0 saturated heterocycles. The van der Waals surface area contributed by atoms with Crippen LogP contribution in [-0.2, 0) is 6.54 Å². The molecule has 3 aromatic rings. The molecular weight excluding hydrogens is 356 g/mol. The van der Waals surface area contributed by atoms with E-state index >= 15 is 0 Å². The summed E-state index contributed by atoms with van der Waals surface area (Å²) < 4.78 is 0. The van der Waals surface area contributed by atoms with Crippen LogP contribution in [-0.4, -0.2) is 5.91 Å². The van der Waals surface area contributed by atoms with E-state index in [1.54, 1.807) is 0 Å². The number of para-hydroxylation sites is 1. The van der Waals surface area contributed by atoms with Gasteiger partial charge in [-0.15, -0.1) is 0 Å². The Morgan fingerprint density at radius 2 is 1.69 bits per heavy atom. The lowest BCUT2D eigenvalue weighted by atomic mass is 9.76. The molecule has 2 N–H and O–H groups in total. The molecule has 2 aliphatic rings. The fraction of sp³-hybridized carbons (Fsp3) is 0.192. The maximum atomic E-state index is 13.1. The molecule has 1 aliphatic heterocycles. The Kier molecular flexibility index (Phi) is 4.65. The largest absolute Gasteiger partial charge is 0.377 e. The molecule has 0 fully saturated rings. The predicted octanol–water partition coefficient (Wildman–Crippen LogP) is 5.44. The van der Waals surface area contributed by atoms with E-state index in [2.05, 4.69) is 53.1 Å². The highest BCUT2D eigenvalue weighted by atomic mass is 16.1. The van der Waals surface area contributed by atoms with Gasteiger partial charge in [-0.1, -0.05) is 84.9 Å². The molecule has 3 heteroatoms. The highest BCUT2D eigenvalue weighted by Gasteiger charge is 2.39. The van der Waals surface area contributed by atoms with Crippen molar-refractivity contribution >= 4 is 11.6 Å². The third kappa shape index (κ3) is 3.33. The van der Waals surface area contributed by atoms with Gasteiger partial charge >= 0.3 is 0 Å². The minimum atomic E-state index is -0.0366. The van der Waals surface area contributed by atoms with Crippen LogP contribution in [0.2, 0.25) is 0 Å². The maximum Gasteiger partial charge on any atom is 0.253 e. The van der Waals surface area contributed by atoms with Gasteiger partial charge in [0.25, 0.3) is 5.91 Å². The molecule has 0 radical (unpaired) electrons. The van der Waals surface area contributed by atoms with Gasteiger partial charge in [-0.2, -0.15) is 0 Å². The molecule has 3 aromatic carbocycles. The minimum absolute atomic E-state index is 0.0366. The Morgan fingerprint density at radius 3 is 2.48 bits per heavy atom. The lowest BCUT2D eigenvalue weighted by Crippen LogP contribution is -2.32. The average molecular weight is 380 g/mol. The minimum Gasteiger partial charge on any atom is -0.377 e. The second-order valence-electron chi connectivity index (χ2n) is 7.82. The van der Waals surface area contributed by atoms with Crippen LogP contribution >= 0.6 is 0 Å². The van der Waals surface area contributed by atoms with E-state index < -0.39 is 0 Å². The molecule has 0 bridgehead atoms. The molecule has 0 spiro atoms. The van der Waals surface area contributed by atoms with Crippen LogP contribution in [0, 0.1) is 5.92 Å². The molecule has 3 unspecified atom stereocenters. The van der Waals surface area contributed by atoms with Gasteiger partial charge in [0.15, 0.2) is 0 Å². The van der Waals surface area contributed by atoms with E-state index in [1.807, 2.05) is 48.5 Å². The van der Waals surface area contributed by atoms with E-state index in [0.29, 0.717) is 18.4 Å². The van der Waals surface area contributed by atoms with Crippen molar-refractivity contribution in [2.75, 3.05) is 5.32 Å². The molecule has 1 amide bonds. The topological polar surface area (TPSA) is 41.1 Å². The zero-order valence-electron chi connectivity index (χ0n) is 16.2. The first-order valence-corrected chi connectivity index (χ1v) is 10.2. The van der Waals surface area contributed by atoms with Crippen molar-refractivity contribution in [3.63, 3.8) is 0 Å². The highest BCUT2D eigenvalue weighted by Crippen LogP contribution is 2.50. The van der Waals surface area contributed by atoms with E-state index in [1.165, 1.54) is 11.1 Å². The maximum absolute atomic E-state index is 13.1. The summed E-state index contributed by atoms with van der Waals surface area (Å²) in [6, 6.07) is 26.9. The van der Waals surface area contributed by atoms with E-state index in [-0.39, 0.29) is 11.9 Å². The van der Waals surface area contributed by atoms with Crippen molar-refractivity contribution in [1.82, 2.24) is 5.32 Å². The quantitative estimate of drug-likeness (QED) is 0.592. The van der Waals surface area contributed by atoms with Gasteiger partial charge in [0.1, 0.15) is 0 Å². The van der Waals surface area contributed by atoms with Crippen LogP contribution in [0.25, 0.3) is 0 Å². The van der Waals surface area contributed by atoms with Crippen LogP contribution < -0.4 is 10.6 Å². The van der Waals surface area contributed by atoms with Crippen LogP contribution in [0.3, 0.4) is 0 Å². The third-order valence-electron chi connectivity index (χ3n) is 6.10. The molecule has 29 heavy (non-hydrogen) atoms. The Hall–Kier alpha value is -3.33. The number of hydrogen-bond donors (Lipinski definition) is 2. The number of fused-ring (bicyclic) bond motifs is 3. The molecule has 0 saturated carbocycles. The second kappa shape index (κ2) is 7.59. The number of carbonyl (C=O) groups is 1. The van der Waals surface area contributed by atoms with Crippen molar-refractivity contribution < 1.29 is 4.79 Å². The van der Waals surface area contributed by atoms with E-state index in [0.717, 1.165) is 23.2 Å². The SMILES string of the molecule is O=C(NCc1ccccc1)c1cccc2c1NC(c1ccccc1)C1CC=CC21. The normalized spacial score (nSPS) is 21.7. The average Bonchev–Trinajstić information content (AvgIpc) is 3.28. The summed E-state index contributed by atoms with van der Waals surface area (Å²) in [6.07, 6.45) is 5.65. The lowest BCUT2D eigenvalue weighted by Gasteiger charge is -2.38. The molecular formula is C26H24N2O. The first-order valence-electron chi connectivity index (χ1n) is 10.2. The van der Waals surface area contributed by atoms with E-state index in [9.17, 15) is 4.79 Å². The number of nitrogens with one attached hydrogen (secondary N) is 2. The van der Waals surface area contributed by atoms with Crippen molar-refractivity contribution in [1.29, 1.82) is 0 Å². The number of allylic oxidation sites excluding steroid dienone is 2. The number of hydrogen-bond acceptors (Lipinski definition) is 2. The van der Waals surface area contributed by atoms with Gasteiger partial charge in [-0.25, -0.2) is 0 Å². The van der Waals surface area contributed by atoms with Crippen molar-refractivity contribution in [3.8, 4) is 0 Å². The third-order valence-corrected chi connectivity index (χ3v) is 6.10. The number of carbonyl (C=O) groups excluding carboxylic acids is 1. The summed E-state index contributed by atoms with van der Waals surface area (Å²) in [5.41, 5.74) is 5.29. The molecule has 5 rings (SSSR count). The summed E-state index contributed by atoms with van der Waals surface area (Å²) in [6.45, 7) is 0.525. The standard InChI is InChI=1S/C26H24N2O/c29-26(27-17-18-9-3-1-4-10-18)23-16-8-15-22-20-13-7-14-21(20)24(28-25(22)23)19-11-5-2-6-12-19/h1-13,15-16,20-21,24,28H,14,17H2,(H,27,29). The molecule has 1 heterocycles. The summed E-state index contributed by atoms with van der Waals surface area (Å²) in [7, 11) is 0. The Bertz CT molecular complexity index is 1040. The van der Waals surface area contributed by atoms with Crippen molar-refractivity contribution in [3.05, 3.63) is 113 Å². The monoisotopic (exact) mass is 380 g/mol. The lowest BCUT2D eigenvalue weighted by molar-refractivity contribution is 0.0951. The molecule has 3 atom stereocenters. The van der Waals surface area contributed by atoms with Gasteiger partial charge in [0.2, 0.25) is 0 Å². The molecule has 1 aliphatic carbocycles. The molecule has 144 valence electrons. The van der Waals surface area contributed by atoms with Crippen molar-refractivity contribution in [2.45, 2.75) is 24.9 Å². The zero-order valence-corrected chi connectivity index (χ0v) is 16.2. The predicted molar refractivity (Wildman–Crippen MR) is 117 cm³/mol. The number of amides is 1. The number of benzene rings is 3. The Balaban J connectivity index is 1.47. The zero-order chi connectivity index (χ0) is 19.6. The summed E-state index contributed by atoms with van der Waals surface area (Å²) in [4.78, 5) is 13.1. The Morgan fingerprint density at radius 1 is 0.931 bits per heavy atom. The summed E-state index contributed by atoms with van der Waals surface area (Å²) >= 11 is 0. The number of rotatable bonds is 4. The van der Waals surface area contributed by atoms with Gasteiger partial charge in [-0.3, -0.25) is 4.79 Å². The summed E-state index contributed by atoms with van der Waals surface area (Å²) in [5, 5.41) is 6.81. The van der Waals surface area contributed by atoms with Crippen LogP contribution in [0.1, 0.15) is 45.4 Å². The van der Waals surface area contributed by atoms with Gasteiger partial charge in [0, 0.05) is 12.5 Å². The summed E-state index contributed by atoms with van der Waals surface area (Å²) in [5.74, 6) is 0.788. The fourth-order valence-electron chi connectivity index (χ4n) is 4.67. The molecule has 0 aromatic heterocycles. The first-order chi connectivity index (χ1) is 14.3. The van der Waals surface area contributed by atoms with Gasteiger partial charge < -0.3 is 10.6 Å². The fourth-order valence-corrected chi connectivity index (χ4v) is 4.67. The smallest absolute Gasteiger partial charge is 0.253 e. The van der Waals surface area contributed by atoms with Crippen LogP contribution in [0.5, 0.6) is 0 Å². The van der Waals surface area contributed by atoms with Crippen LogP contribution in [0.15, 0.2) is 91.0 Å². The van der Waals surface area contributed by atoms with Gasteiger partial charge in [0.05, 0.1) is 17.3 Å². The Labute approximate surface area is 171 Å². The highest BCUT2D eigenvalue weighted by molar-refractivity contribution is 6.00. The first kappa shape index (κ1) is 17.7. The van der Waals surface area contributed by atoms with Crippen molar-refractivity contribution in [2.24, 2.45) is 5.92 Å². The molecule has 3 nitrogen and oxygen atoms in total. The van der Waals surface area contributed by atoms with Gasteiger partial charge in [-0.05, 0) is 35.1 Å². The number of anilines is 1. The van der Waals surface area contributed by atoms with Crippen LogP contribution in [0.4, 0.5) is 5.69 Å². The second-order valence-corrected chi connectivity index (χ2v) is 7.82.